The first-order valence-electron chi connectivity index (χ1n) is 6.87. The average molecular weight is 359 g/mol. The summed E-state index contributed by atoms with van der Waals surface area (Å²) in [5.74, 6) is -0.613. The molecule has 0 unspecified atom stereocenters. The van der Waals surface area contributed by atoms with E-state index >= 15 is 0 Å². The van der Waals surface area contributed by atoms with E-state index in [1.54, 1.807) is 30.3 Å². The number of rotatable bonds is 7. The van der Waals surface area contributed by atoms with Gasteiger partial charge in [-0.3, -0.25) is 9.35 Å². The van der Waals surface area contributed by atoms with E-state index in [-0.39, 0.29) is 59.7 Å². The van der Waals surface area contributed by atoms with Crippen LogP contribution in [0, 0.1) is 0 Å². The predicted octanol–water partition coefficient (Wildman–Crippen LogP) is 1.90. The maximum absolute atomic E-state index is 12.3. The zero-order chi connectivity index (χ0) is 16.9. The van der Waals surface area contributed by atoms with E-state index < -0.39 is 15.9 Å². The topological polar surface area (TPSA) is 101 Å². The molecule has 0 saturated carbocycles. The third-order valence-corrected chi connectivity index (χ3v) is 3.87. The normalized spacial score (nSPS) is 10.7. The van der Waals surface area contributed by atoms with Gasteiger partial charge in [0.05, 0.1) is 17.9 Å². The minimum atomic E-state index is -4.01. The third kappa shape index (κ3) is 6.26. The first-order chi connectivity index (χ1) is 10.9. The summed E-state index contributed by atoms with van der Waals surface area (Å²) in [6.07, 6.45) is 0.115. The monoisotopic (exact) mass is 359 g/mol. The molecular formula is C16H16NaO6S. The van der Waals surface area contributed by atoms with Crippen LogP contribution in [0.4, 0.5) is 0 Å². The molecule has 0 bridgehead atoms. The van der Waals surface area contributed by atoms with Gasteiger partial charge in [-0.25, -0.2) is 0 Å². The first kappa shape index (κ1) is 20.7. The molecule has 0 atom stereocenters. The predicted molar refractivity (Wildman–Crippen MR) is 90.3 cm³/mol. The fourth-order valence-corrected chi connectivity index (χ4v) is 2.45. The summed E-state index contributed by atoms with van der Waals surface area (Å²) in [6.45, 7) is 0.0607. The number of hydrogen-bond donors (Lipinski definition) is 2. The van der Waals surface area contributed by atoms with Crippen LogP contribution in [0.5, 0.6) is 11.5 Å². The second-order valence-electron chi connectivity index (χ2n) is 4.86. The molecule has 0 saturated heterocycles. The van der Waals surface area contributed by atoms with Crippen LogP contribution in [-0.2, 0) is 10.1 Å². The number of ether oxygens (including phenoxy) is 1. The zero-order valence-corrected chi connectivity index (χ0v) is 16.0. The van der Waals surface area contributed by atoms with Crippen LogP contribution >= 0.6 is 0 Å². The molecule has 6 nitrogen and oxygen atoms in total. The van der Waals surface area contributed by atoms with Crippen molar-refractivity contribution in [1.29, 1.82) is 0 Å². The Morgan fingerprint density at radius 2 is 1.75 bits per heavy atom. The Labute approximate surface area is 162 Å². The van der Waals surface area contributed by atoms with Gasteiger partial charge in [-0.1, -0.05) is 30.3 Å². The molecule has 24 heavy (non-hydrogen) atoms. The molecule has 8 heteroatoms. The number of aromatic hydroxyl groups is 1. The number of benzene rings is 2. The quantitative estimate of drug-likeness (QED) is 0.339. The number of phenolic OH excluding ortho intramolecular Hbond substituents is 1. The standard InChI is InChI=1S/C16H16O6S.Na/c17-15-11-13(22-9-4-10-23(19,20)21)7-8-14(15)16(18)12-5-2-1-3-6-12;/h1-3,5-8,11,17H,4,9-10H2,(H,19,20,21);. The van der Waals surface area contributed by atoms with Crippen LogP contribution in [0.3, 0.4) is 0 Å². The fraction of sp³-hybridized carbons (Fsp3) is 0.188. The van der Waals surface area contributed by atoms with Gasteiger partial charge in [0.1, 0.15) is 11.5 Å². The molecule has 123 valence electrons. The summed E-state index contributed by atoms with van der Waals surface area (Å²) in [7, 11) is -4.01. The van der Waals surface area contributed by atoms with Crippen LogP contribution in [0.15, 0.2) is 48.5 Å². The molecule has 0 amide bonds. The van der Waals surface area contributed by atoms with Gasteiger partial charge < -0.3 is 9.84 Å². The molecule has 1 radical (unpaired) electrons. The molecule has 0 fully saturated rings. The Bertz CT molecular complexity index is 789. The van der Waals surface area contributed by atoms with Gasteiger partial charge in [-0.2, -0.15) is 8.42 Å². The van der Waals surface area contributed by atoms with Gasteiger partial charge in [-0.15, -0.1) is 0 Å². The maximum atomic E-state index is 12.3. The Balaban J connectivity index is 0.00000288. The summed E-state index contributed by atoms with van der Waals surface area (Å²) in [5, 5.41) is 9.97. The van der Waals surface area contributed by atoms with E-state index in [2.05, 4.69) is 0 Å². The number of carbonyl (C=O) groups is 1. The van der Waals surface area contributed by atoms with E-state index in [4.69, 9.17) is 9.29 Å². The Morgan fingerprint density at radius 1 is 1.08 bits per heavy atom. The maximum Gasteiger partial charge on any atom is 0.264 e. The van der Waals surface area contributed by atoms with Crippen LogP contribution in [0.25, 0.3) is 0 Å². The number of ketones is 1. The molecule has 2 rings (SSSR count). The van der Waals surface area contributed by atoms with E-state index in [9.17, 15) is 18.3 Å². The van der Waals surface area contributed by atoms with E-state index in [0.29, 0.717) is 11.3 Å². The molecule has 0 spiro atoms. The first-order valence-corrected chi connectivity index (χ1v) is 8.48. The Morgan fingerprint density at radius 3 is 2.33 bits per heavy atom. The molecule has 0 aliphatic rings. The second kappa shape index (κ2) is 9.19. The summed E-state index contributed by atoms with van der Waals surface area (Å²) in [5.41, 5.74) is 0.617. The van der Waals surface area contributed by atoms with Crippen molar-refractivity contribution in [2.75, 3.05) is 12.4 Å². The van der Waals surface area contributed by atoms with Gasteiger partial charge in [0, 0.05) is 41.2 Å². The number of hydrogen-bond acceptors (Lipinski definition) is 5. The minimum Gasteiger partial charge on any atom is -0.507 e. The van der Waals surface area contributed by atoms with E-state index in [0.717, 1.165) is 0 Å². The fourth-order valence-electron chi connectivity index (χ4n) is 1.97. The van der Waals surface area contributed by atoms with Crippen molar-refractivity contribution in [2.24, 2.45) is 0 Å². The van der Waals surface area contributed by atoms with Gasteiger partial charge in [0.15, 0.2) is 5.78 Å². The number of carbonyl (C=O) groups excluding carboxylic acids is 1. The van der Waals surface area contributed by atoms with Crippen molar-refractivity contribution in [3.63, 3.8) is 0 Å². The summed E-state index contributed by atoms with van der Waals surface area (Å²) in [6, 6.07) is 12.8. The molecule has 2 N–H and O–H groups in total. The van der Waals surface area contributed by atoms with Crippen LogP contribution in [-0.4, -0.2) is 65.8 Å². The van der Waals surface area contributed by atoms with Crippen molar-refractivity contribution in [3.8, 4) is 11.5 Å². The van der Waals surface area contributed by atoms with Crippen LogP contribution in [0.2, 0.25) is 0 Å². The summed E-state index contributed by atoms with van der Waals surface area (Å²) in [4.78, 5) is 12.3. The van der Waals surface area contributed by atoms with Crippen molar-refractivity contribution in [3.05, 3.63) is 59.7 Å². The molecule has 2 aromatic rings. The molecule has 0 aromatic heterocycles. The minimum absolute atomic E-state index is 0. The molecule has 0 aliphatic heterocycles. The van der Waals surface area contributed by atoms with Crippen molar-refractivity contribution in [1.82, 2.24) is 0 Å². The molecule has 0 heterocycles. The molecule has 2 aromatic carbocycles. The Kier molecular flexibility index (Phi) is 7.92. The summed E-state index contributed by atoms with van der Waals surface area (Å²) >= 11 is 0. The van der Waals surface area contributed by atoms with Crippen molar-refractivity contribution < 1.29 is 27.6 Å². The van der Waals surface area contributed by atoms with Gasteiger partial charge >= 0.3 is 0 Å². The van der Waals surface area contributed by atoms with Crippen molar-refractivity contribution in [2.45, 2.75) is 6.42 Å². The van der Waals surface area contributed by atoms with Crippen LogP contribution < -0.4 is 4.74 Å². The van der Waals surface area contributed by atoms with Gasteiger partial charge in [0.25, 0.3) is 10.1 Å². The smallest absolute Gasteiger partial charge is 0.264 e. The van der Waals surface area contributed by atoms with E-state index in [1.165, 1.54) is 18.2 Å². The van der Waals surface area contributed by atoms with E-state index in [1.807, 2.05) is 0 Å². The SMILES string of the molecule is O=C(c1ccccc1)c1ccc(OCCCS(=O)(=O)O)cc1O.[Na]. The second-order valence-corrected chi connectivity index (χ2v) is 6.43. The van der Waals surface area contributed by atoms with Crippen molar-refractivity contribution >= 4 is 45.5 Å². The number of phenols is 1. The average Bonchev–Trinajstić information content (AvgIpc) is 2.51. The van der Waals surface area contributed by atoms with Gasteiger partial charge in [-0.05, 0) is 18.6 Å². The summed E-state index contributed by atoms with van der Waals surface area (Å²) < 4.78 is 35.0. The molecular weight excluding hydrogens is 343 g/mol. The Hall–Kier alpha value is -1.38. The van der Waals surface area contributed by atoms with Crippen LogP contribution in [0.1, 0.15) is 22.3 Å². The third-order valence-electron chi connectivity index (χ3n) is 3.07. The van der Waals surface area contributed by atoms with Gasteiger partial charge in [0.2, 0.25) is 0 Å². The zero-order valence-electron chi connectivity index (χ0n) is 13.2. The molecule has 0 aliphatic carbocycles. The largest absolute Gasteiger partial charge is 0.507 e.